The van der Waals surface area contributed by atoms with Gasteiger partial charge in [-0.05, 0) is 37.2 Å². The van der Waals surface area contributed by atoms with Crippen molar-refractivity contribution in [3.63, 3.8) is 0 Å². The van der Waals surface area contributed by atoms with Crippen LogP contribution in [0, 0.1) is 0 Å². The van der Waals surface area contributed by atoms with Crippen molar-refractivity contribution in [2.45, 2.75) is 12.5 Å². The number of benzene rings is 1. The number of ether oxygens (including phenoxy) is 1. The molecule has 1 saturated heterocycles. The van der Waals surface area contributed by atoms with E-state index < -0.39 is 0 Å². The maximum atomic E-state index is 5.76. The molecule has 3 heteroatoms. The van der Waals surface area contributed by atoms with Crippen LogP contribution in [-0.4, -0.2) is 19.2 Å². The van der Waals surface area contributed by atoms with E-state index in [9.17, 15) is 0 Å². The molecule has 70 valence electrons. The molecule has 2 rings (SSSR count). The molecule has 13 heavy (non-hydrogen) atoms. The molecule has 0 amide bonds. The van der Waals surface area contributed by atoms with E-state index in [1.165, 1.54) is 0 Å². The highest BCUT2D eigenvalue weighted by Gasteiger charge is 2.15. The van der Waals surface area contributed by atoms with Gasteiger partial charge in [0.25, 0.3) is 0 Å². The highest BCUT2D eigenvalue weighted by molar-refractivity contribution is 6.30. The number of nitrogens with one attached hydrogen (secondary N) is 1. The molecule has 1 aromatic carbocycles. The summed E-state index contributed by atoms with van der Waals surface area (Å²) in [7, 11) is 0. The van der Waals surface area contributed by atoms with Gasteiger partial charge in [0.05, 0.1) is 0 Å². The summed E-state index contributed by atoms with van der Waals surface area (Å²) in [6.07, 6.45) is 1.41. The van der Waals surface area contributed by atoms with Crippen LogP contribution < -0.4 is 10.1 Å². The fraction of sp³-hybridized carbons (Fsp3) is 0.400. The van der Waals surface area contributed by atoms with Crippen LogP contribution in [-0.2, 0) is 0 Å². The predicted octanol–water partition coefficient (Wildman–Crippen LogP) is 2.08. The molecule has 0 aliphatic carbocycles. The van der Waals surface area contributed by atoms with Gasteiger partial charge in [-0.15, -0.1) is 0 Å². The molecule has 1 N–H and O–H groups in total. The molecular formula is C10H12ClNO. The van der Waals surface area contributed by atoms with Crippen LogP contribution in [0.4, 0.5) is 0 Å². The molecule has 0 bridgehead atoms. The summed E-state index contributed by atoms with van der Waals surface area (Å²) in [4.78, 5) is 0. The second-order valence-electron chi connectivity index (χ2n) is 3.19. The molecule has 1 aliphatic rings. The van der Waals surface area contributed by atoms with E-state index in [1.807, 2.05) is 24.3 Å². The largest absolute Gasteiger partial charge is 0.489 e. The van der Waals surface area contributed by atoms with Crippen LogP contribution in [0.2, 0.25) is 5.02 Å². The monoisotopic (exact) mass is 197 g/mol. The molecular weight excluding hydrogens is 186 g/mol. The summed E-state index contributed by atoms with van der Waals surface area (Å²) in [6.45, 7) is 2.00. The van der Waals surface area contributed by atoms with Crippen molar-refractivity contribution < 1.29 is 4.74 Å². The Balaban J connectivity index is 1.97. The van der Waals surface area contributed by atoms with E-state index in [1.54, 1.807) is 0 Å². The van der Waals surface area contributed by atoms with Gasteiger partial charge in [-0.2, -0.15) is 0 Å². The van der Waals surface area contributed by atoms with Gasteiger partial charge in [-0.3, -0.25) is 0 Å². The van der Waals surface area contributed by atoms with Gasteiger partial charge in [0.1, 0.15) is 11.9 Å². The summed E-state index contributed by atoms with van der Waals surface area (Å²) >= 11 is 5.76. The summed E-state index contributed by atoms with van der Waals surface area (Å²) in [5.41, 5.74) is 0. The van der Waals surface area contributed by atoms with Crippen LogP contribution in [0.5, 0.6) is 5.75 Å². The lowest BCUT2D eigenvalue weighted by molar-refractivity contribution is 0.223. The second kappa shape index (κ2) is 3.99. The van der Waals surface area contributed by atoms with Crippen LogP contribution >= 0.6 is 11.6 Å². The third kappa shape index (κ3) is 2.36. The predicted molar refractivity (Wildman–Crippen MR) is 53.4 cm³/mol. The standard InChI is InChI=1S/C10H12ClNO/c11-8-1-3-9(4-2-8)13-10-5-6-12-7-10/h1-4,10,12H,5-7H2/t10-/m1/s1. The Morgan fingerprint density at radius 2 is 2.08 bits per heavy atom. The van der Waals surface area contributed by atoms with Gasteiger partial charge in [-0.25, -0.2) is 0 Å². The average molecular weight is 198 g/mol. The smallest absolute Gasteiger partial charge is 0.119 e. The fourth-order valence-electron chi connectivity index (χ4n) is 1.43. The zero-order valence-electron chi connectivity index (χ0n) is 7.29. The van der Waals surface area contributed by atoms with Gasteiger partial charge in [0.15, 0.2) is 0 Å². The number of rotatable bonds is 2. The summed E-state index contributed by atoms with van der Waals surface area (Å²) in [6, 6.07) is 7.50. The van der Waals surface area contributed by atoms with Gasteiger partial charge in [-0.1, -0.05) is 11.6 Å². The van der Waals surface area contributed by atoms with E-state index in [4.69, 9.17) is 16.3 Å². The van der Waals surface area contributed by atoms with Gasteiger partial charge in [0.2, 0.25) is 0 Å². The molecule has 1 aliphatic heterocycles. The van der Waals surface area contributed by atoms with Crippen molar-refractivity contribution in [3.05, 3.63) is 29.3 Å². The Kier molecular flexibility index (Phi) is 2.71. The van der Waals surface area contributed by atoms with Crippen molar-refractivity contribution in [2.24, 2.45) is 0 Å². The second-order valence-corrected chi connectivity index (χ2v) is 3.62. The third-order valence-corrected chi connectivity index (χ3v) is 2.38. The topological polar surface area (TPSA) is 21.3 Å². The Morgan fingerprint density at radius 1 is 1.31 bits per heavy atom. The Morgan fingerprint density at radius 3 is 2.69 bits per heavy atom. The minimum absolute atomic E-state index is 0.321. The minimum Gasteiger partial charge on any atom is -0.489 e. The number of hydrogen-bond acceptors (Lipinski definition) is 2. The molecule has 0 spiro atoms. The molecule has 1 heterocycles. The zero-order valence-corrected chi connectivity index (χ0v) is 8.05. The fourth-order valence-corrected chi connectivity index (χ4v) is 1.56. The van der Waals surface area contributed by atoms with Crippen LogP contribution in [0.15, 0.2) is 24.3 Å². The van der Waals surface area contributed by atoms with E-state index in [0.29, 0.717) is 6.10 Å². The number of hydrogen-bond donors (Lipinski definition) is 1. The van der Waals surface area contributed by atoms with Crippen LogP contribution in [0.3, 0.4) is 0 Å². The average Bonchev–Trinajstić information content (AvgIpc) is 2.62. The van der Waals surface area contributed by atoms with E-state index >= 15 is 0 Å². The molecule has 1 fully saturated rings. The van der Waals surface area contributed by atoms with Gasteiger partial charge >= 0.3 is 0 Å². The molecule has 0 aromatic heterocycles. The maximum Gasteiger partial charge on any atom is 0.119 e. The highest BCUT2D eigenvalue weighted by Crippen LogP contribution is 2.18. The highest BCUT2D eigenvalue weighted by atomic mass is 35.5. The van der Waals surface area contributed by atoms with Crippen LogP contribution in [0.1, 0.15) is 6.42 Å². The minimum atomic E-state index is 0.321. The molecule has 1 aromatic rings. The third-order valence-electron chi connectivity index (χ3n) is 2.13. The van der Waals surface area contributed by atoms with Crippen LogP contribution in [0.25, 0.3) is 0 Å². The first-order valence-electron chi connectivity index (χ1n) is 4.47. The molecule has 2 nitrogen and oxygen atoms in total. The summed E-state index contributed by atoms with van der Waals surface area (Å²) < 4.78 is 5.71. The van der Waals surface area contributed by atoms with E-state index in [0.717, 1.165) is 30.3 Å². The Hall–Kier alpha value is -0.730. The van der Waals surface area contributed by atoms with E-state index in [-0.39, 0.29) is 0 Å². The normalized spacial score (nSPS) is 21.8. The van der Waals surface area contributed by atoms with E-state index in [2.05, 4.69) is 5.32 Å². The summed E-state index contributed by atoms with van der Waals surface area (Å²) in [5.74, 6) is 0.901. The SMILES string of the molecule is Clc1ccc(O[C@@H]2CCNC2)cc1. The van der Waals surface area contributed by atoms with Crippen molar-refractivity contribution in [2.75, 3.05) is 13.1 Å². The first-order valence-corrected chi connectivity index (χ1v) is 4.85. The van der Waals surface area contributed by atoms with Crippen molar-refractivity contribution in [1.29, 1.82) is 0 Å². The van der Waals surface area contributed by atoms with Crippen molar-refractivity contribution >= 4 is 11.6 Å². The lowest BCUT2D eigenvalue weighted by Crippen LogP contribution is -2.19. The van der Waals surface area contributed by atoms with Gasteiger partial charge < -0.3 is 10.1 Å². The quantitative estimate of drug-likeness (QED) is 0.784. The number of halogens is 1. The van der Waals surface area contributed by atoms with Gasteiger partial charge in [0, 0.05) is 11.6 Å². The summed E-state index contributed by atoms with van der Waals surface area (Å²) in [5, 5.41) is 4.00. The van der Waals surface area contributed by atoms with Crippen molar-refractivity contribution in [3.8, 4) is 5.75 Å². The first kappa shape index (κ1) is 8.85. The van der Waals surface area contributed by atoms with Crippen molar-refractivity contribution in [1.82, 2.24) is 5.32 Å². The lowest BCUT2D eigenvalue weighted by Gasteiger charge is -2.11. The lowest BCUT2D eigenvalue weighted by atomic mass is 10.3. The molecule has 0 radical (unpaired) electrons. The first-order chi connectivity index (χ1) is 6.34. The Bertz CT molecular complexity index is 267. The maximum absolute atomic E-state index is 5.76. The molecule has 0 saturated carbocycles. The molecule has 1 atom stereocenters. The zero-order chi connectivity index (χ0) is 9.10. The molecule has 0 unspecified atom stereocenters. The Labute approximate surface area is 82.9 Å².